The molecule has 0 N–H and O–H groups in total. The van der Waals surface area contributed by atoms with Crippen molar-refractivity contribution in [2.45, 2.75) is 0 Å². The van der Waals surface area contributed by atoms with Gasteiger partial charge in [0.25, 0.3) is 0 Å². The van der Waals surface area contributed by atoms with Crippen LogP contribution in [0.3, 0.4) is 0 Å². The van der Waals surface area contributed by atoms with E-state index in [1.807, 2.05) is 54.6 Å². The quantitative estimate of drug-likeness (QED) is 0.371. The summed E-state index contributed by atoms with van der Waals surface area (Å²) in [4.78, 5) is 23.7. The van der Waals surface area contributed by atoms with Gasteiger partial charge in [-0.25, -0.2) is 4.79 Å². The Kier molecular flexibility index (Phi) is 5.40. The Bertz CT molecular complexity index is 921. The second-order valence-electron chi connectivity index (χ2n) is 5.75. The van der Waals surface area contributed by atoms with Gasteiger partial charge in [0.15, 0.2) is 5.78 Å². The third-order valence-corrected chi connectivity index (χ3v) is 4.04. The molecule has 3 heteroatoms. The number of rotatable bonds is 5. The highest BCUT2D eigenvalue weighted by Crippen LogP contribution is 2.19. The number of carbonyl (C=O) groups excluding carboxylic acids is 2. The zero-order chi connectivity index (χ0) is 18.4. The van der Waals surface area contributed by atoms with E-state index in [0.29, 0.717) is 11.1 Å². The molecule has 26 heavy (non-hydrogen) atoms. The molecule has 3 rings (SSSR count). The average molecular weight is 342 g/mol. The molecule has 0 spiro atoms. The van der Waals surface area contributed by atoms with Gasteiger partial charge in [-0.05, 0) is 34.9 Å². The lowest BCUT2D eigenvalue weighted by Crippen LogP contribution is -2.00. The fraction of sp³-hybridized carbons (Fsp3) is 0.0435. The molecule has 3 nitrogen and oxygen atoms in total. The number of methoxy groups -OCH3 is 1. The highest BCUT2D eigenvalue weighted by molar-refractivity contribution is 6.07. The molecule has 0 heterocycles. The summed E-state index contributed by atoms with van der Waals surface area (Å²) >= 11 is 0. The van der Waals surface area contributed by atoms with Gasteiger partial charge in [-0.2, -0.15) is 0 Å². The van der Waals surface area contributed by atoms with Crippen molar-refractivity contribution in [1.29, 1.82) is 0 Å². The van der Waals surface area contributed by atoms with Gasteiger partial charge in [0.05, 0.1) is 12.7 Å². The number of benzene rings is 3. The van der Waals surface area contributed by atoms with Crippen LogP contribution in [0.2, 0.25) is 0 Å². The average Bonchev–Trinajstić information content (AvgIpc) is 2.72. The molecule has 0 aromatic heterocycles. The van der Waals surface area contributed by atoms with Crippen LogP contribution in [0.25, 0.3) is 17.2 Å². The van der Waals surface area contributed by atoms with Crippen molar-refractivity contribution in [2.75, 3.05) is 7.11 Å². The van der Waals surface area contributed by atoms with Crippen LogP contribution in [-0.2, 0) is 4.74 Å². The van der Waals surface area contributed by atoms with Crippen molar-refractivity contribution in [2.24, 2.45) is 0 Å². The maximum atomic E-state index is 12.3. The van der Waals surface area contributed by atoms with E-state index in [4.69, 9.17) is 0 Å². The molecule has 128 valence electrons. The van der Waals surface area contributed by atoms with E-state index >= 15 is 0 Å². The molecule has 0 atom stereocenters. The molecular formula is C23H18O3. The van der Waals surface area contributed by atoms with Crippen molar-refractivity contribution < 1.29 is 14.3 Å². The first-order chi connectivity index (χ1) is 12.7. The molecule has 3 aromatic rings. The lowest BCUT2D eigenvalue weighted by Gasteiger charge is -2.02. The SMILES string of the molecule is COC(=O)c1ccc(/C=C/C(=O)c2ccc(-c3ccccc3)cc2)cc1. The van der Waals surface area contributed by atoms with Crippen LogP contribution in [-0.4, -0.2) is 18.9 Å². The van der Waals surface area contributed by atoms with Gasteiger partial charge in [0.2, 0.25) is 0 Å². The number of allylic oxidation sites excluding steroid dienone is 1. The summed E-state index contributed by atoms with van der Waals surface area (Å²) in [6, 6.07) is 24.5. The smallest absolute Gasteiger partial charge is 0.337 e. The summed E-state index contributed by atoms with van der Waals surface area (Å²) in [6.45, 7) is 0. The van der Waals surface area contributed by atoms with E-state index in [9.17, 15) is 9.59 Å². The Balaban J connectivity index is 1.69. The van der Waals surface area contributed by atoms with Gasteiger partial charge >= 0.3 is 5.97 Å². The van der Waals surface area contributed by atoms with E-state index in [2.05, 4.69) is 4.74 Å². The molecule has 0 saturated carbocycles. The predicted molar refractivity (Wildman–Crippen MR) is 103 cm³/mol. The van der Waals surface area contributed by atoms with Gasteiger partial charge in [0.1, 0.15) is 0 Å². The number of hydrogen-bond acceptors (Lipinski definition) is 3. The molecular weight excluding hydrogens is 324 g/mol. The lowest BCUT2D eigenvalue weighted by atomic mass is 10.0. The summed E-state index contributed by atoms with van der Waals surface area (Å²) in [5.41, 5.74) is 4.14. The summed E-state index contributed by atoms with van der Waals surface area (Å²) < 4.78 is 4.66. The largest absolute Gasteiger partial charge is 0.465 e. The first kappa shape index (κ1) is 17.4. The number of ether oxygens (including phenoxy) is 1. The van der Waals surface area contributed by atoms with Crippen LogP contribution in [0.5, 0.6) is 0 Å². The third-order valence-electron chi connectivity index (χ3n) is 4.04. The molecule has 0 aliphatic heterocycles. The van der Waals surface area contributed by atoms with Crippen LogP contribution >= 0.6 is 0 Å². The van der Waals surface area contributed by atoms with E-state index in [-0.39, 0.29) is 11.8 Å². The fourth-order valence-electron chi connectivity index (χ4n) is 2.57. The Labute approximate surface area is 152 Å². The molecule has 0 bridgehead atoms. The van der Waals surface area contributed by atoms with Crippen molar-refractivity contribution in [1.82, 2.24) is 0 Å². The van der Waals surface area contributed by atoms with Gasteiger partial charge in [-0.15, -0.1) is 0 Å². The van der Waals surface area contributed by atoms with Crippen molar-refractivity contribution >= 4 is 17.8 Å². The lowest BCUT2D eigenvalue weighted by molar-refractivity contribution is 0.0600. The monoisotopic (exact) mass is 342 g/mol. The Morgan fingerprint density at radius 2 is 1.31 bits per heavy atom. The minimum atomic E-state index is -0.380. The first-order valence-electron chi connectivity index (χ1n) is 8.23. The molecule has 0 fully saturated rings. The van der Waals surface area contributed by atoms with Crippen LogP contribution in [0.1, 0.15) is 26.3 Å². The number of hydrogen-bond donors (Lipinski definition) is 0. The maximum Gasteiger partial charge on any atom is 0.337 e. The van der Waals surface area contributed by atoms with Gasteiger partial charge in [0, 0.05) is 5.56 Å². The van der Waals surface area contributed by atoms with Gasteiger partial charge < -0.3 is 4.74 Å². The highest BCUT2D eigenvalue weighted by atomic mass is 16.5. The van der Waals surface area contributed by atoms with Crippen molar-refractivity contribution in [3.05, 3.63) is 102 Å². The van der Waals surface area contributed by atoms with E-state index in [1.165, 1.54) is 13.2 Å². The standard InChI is InChI=1S/C23H18O3/c1-26-23(25)21-10-7-17(8-11-21)9-16-22(24)20-14-12-19(13-15-20)18-5-3-2-4-6-18/h2-16H,1H3/b16-9+. The Hall–Kier alpha value is -3.46. The summed E-state index contributed by atoms with van der Waals surface area (Å²) in [7, 11) is 1.35. The number of esters is 1. The summed E-state index contributed by atoms with van der Waals surface area (Å²) in [6.07, 6.45) is 3.26. The van der Waals surface area contributed by atoms with E-state index in [0.717, 1.165) is 16.7 Å². The van der Waals surface area contributed by atoms with Crippen LogP contribution in [0.15, 0.2) is 84.9 Å². The minimum absolute atomic E-state index is 0.0679. The Morgan fingerprint density at radius 3 is 1.92 bits per heavy atom. The molecule has 0 saturated heterocycles. The van der Waals surface area contributed by atoms with Crippen LogP contribution < -0.4 is 0 Å². The fourth-order valence-corrected chi connectivity index (χ4v) is 2.57. The van der Waals surface area contributed by atoms with Crippen LogP contribution in [0, 0.1) is 0 Å². The molecule has 3 aromatic carbocycles. The second-order valence-corrected chi connectivity index (χ2v) is 5.75. The van der Waals surface area contributed by atoms with E-state index < -0.39 is 0 Å². The van der Waals surface area contributed by atoms with Crippen molar-refractivity contribution in [3.8, 4) is 11.1 Å². The minimum Gasteiger partial charge on any atom is -0.465 e. The van der Waals surface area contributed by atoms with E-state index in [1.54, 1.807) is 30.3 Å². The maximum absolute atomic E-state index is 12.3. The third kappa shape index (κ3) is 4.14. The topological polar surface area (TPSA) is 43.4 Å². The highest BCUT2D eigenvalue weighted by Gasteiger charge is 2.05. The zero-order valence-corrected chi connectivity index (χ0v) is 14.4. The van der Waals surface area contributed by atoms with Crippen LogP contribution in [0.4, 0.5) is 0 Å². The van der Waals surface area contributed by atoms with Crippen molar-refractivity contribution in [3.63, 3.8) is 0 Å². The number of ketones is 1. The summed E-state index contributed by atoms with van der Waals surface area (Å²) in [5.74, 6) is -0.447. The molecule has 0 amide bonds. The Morgan fingerprint density at radius 1 is 0.731 bits per heavy atom. The molecule has 0 unspecified atom stereocenters. The normalized spacial score (nSPS) is 10.7. The molecule has 0 aliphatic rings. The van der Waals surface area contributed by atoms with Gasteiger partial charge in [-0.3, -0.25) is 4.79 Å². The predicted octanol–water partition coefficient (Wildman–Crippen LogP) is 5.04. The second kappa shape index (κ2) is 8.08. The first-order valence-corrected chi connectivity index (χ1v) is 8.23. The van der Waals surface area contributed by atoms with Gasteiger partial charge in [-0.1, -0.05) is 72.8 Å². The zero-order valence-electron chi connectivity index (χ0n) is 14.4. The summed E-state index contributed by atoms with van der Waals surface area (Å²) in [5, 5.41) is 0. The number of carbonyl (C=O) groups is 2. The molecule has 0 aliphatic carbocycles. The molecule has 0 radical (unpaired) electrons.